The Morgan fingerprint density at radius 2 is 1.90 bits per heavy atom. The summed E-state index contributed by atoms with van der Waals surface area (Å²) < 4.78 is 0. The summed E-state index contributed by atoms with van der Waals surface area (Å²) in [5, 5.41) is 1.03. The second-order valence-corrected chi connectivity index (χ2v) is 5.81. The number of carbonyl (C=O) groups is 1. The van der Waals surface area contributed by atoms with Crippen molar-refractivity contribution in [1.82, 2.24) is 9.88 Å². The maximum absolute atomic E-state index is 12.8. The van der Waals surface area contributed by atoms with Crippen molar-refractivity contribution in [3.8, 4) is 0 Å². The molecule has 1 N–H and O–H groups in total. The molecule has 0 saturated heterocycles. The first kappa shape index (κ1) is 13.2. The smallest absolute Gasteiger partial charge is 0.254 e. The normalized spacial score (nSPS) is 17.1. The SMILES string of the molecule is CN(C(=O)c1cccc2[nH]ccc12)C1CCCCCC1. The summed E-state index contributed by atoms with van der Waals surface area (Å²) in [6.07, 6.45) is 9.30. The van der Waals surface area contributed by atoms with Crippen LogP contribution >= 0.6 is 0 Å². The standard InChI is InChI=1S/C17H22N2O/c1-19(13-7-4-2-3-5-8-13)17(20)15-9-6-10-16-14(15)11-12-18-16/h6,9-13,18H,2-5,7-8H2,1H3. The molecule has 0 aliphatic heterocycles. The van der Waals surface area contributed by atoms with Crippen LogP contribution in [0.5, 0.6) is 0 Å². The highest BCUT2D eigenvalue weighted by molar-refractivity contribution is 6.06. The molecule has 0 unspecified atom stereocenters. The van der Waals surface area contributed by atoms with E-state index in [0.717, 1.165) is 29.3 Å². The largest absolute Gasteiger partial charge is 0.361 e. The van der Waals surface area contributed by atoms with Gasteiger partial charge >= 0.3 is 0 Å². The third kappa shape index (κ3) is 2.45. The lowest BCUT2D eigenvalue weighted by Crippen LogP contribution is -2.36. The van der Waals surface area contributed by atoms with Crippen LogP contribution in [0, 0.1) is 0 Å². The van der Waals surface area contributed by atoms with Crippen molar-refractivity contribution < 1.29 is 4.79 Å². The summed E-state index contributed by atoms with van der Waals surface area (Å²) in [6.45, 7) is 0. The van der Waals surface area contributed by atoms with Gasteiger partial charge in [-0.1, -0.05) is 31.7 Å². The fraction of sp³-hybridized carbons (Fsp3) is 0.471. The highest BCUT2D eigenvalue weighted by Crippen LogP contribution is 2.24. The van der Waals surface area contributed by atoms with Crippen molar-refractivity contribution in [2.45, 2.75) is 44.6 Å². The minimum absolute atomic E-state index is 0.155. The molecule has 3 rings (SSSR count). The van der Waals surface area contributed by atoms with Crippen LogP contribution in [0.2, 0.25) is 0 Å². The van der Waals surface area contributed by atoms with E-state index in [0.29, 0.717) is 6.04 Å². The van der Waals surface area contributed by atoms with Gasteiger partial charge < -0.3 is 9.88 Å². The van der Waals surface area contributed by atoms with E-state index in [-0.39, 0.29) is 5.91 Å². The molecule has 2 aromatic rings. The van der Waals surface area contributed by atoms with Crippen molar-refractivity contribution in [2.75, 3.05) is 7.05 Å². The molecule has 0 spiro atoms. The van der Waals surface area contributed by atoms with Crippen LogP contribution in [-0.4, -0.2) is 28.9 Å². The molecule has 1 heterocycles. The molecule has 0 bridgehead atoms. The Bertz CT molecular complexity index is 594. The number of nitrogens with zero attached hydrogens (tertiary/aromatic N) is 1. The fourth-order valence-corrected chi connectivity index (χ4v) is 3.27. The second kappa shape index (κ2) is 5.70. The summed E-state index contributed by atoms with van der Waals surface area (Å²) in [7, 11) is 1.96. The third-order valence-electron chi connectivity index (χ3n) is 4.52. The summed E-state index contributed by atoms with van der Waals surface area (Å²) in [4.78, 5) is 17.9. The minimum Gasteiger partial charge on any atom is -0.361 e. The van der Waals surface area contributed by atoms with E-state index in [1.54, 1.807) is 0 Å². The number of carbonyl (C=O) groups excluding carboxylic acids is 1. The van der Waals surface area contributed by atoms with E-state index in [1.165, 1.54) is 25.7 Å². The summed E-state index contributed by atoms with van der Waals surface area (Å²) >= 11 is 0. The Morgan fingerprint density at radius 3 is 2.65 bits per heavy atom. The van der Waals surface area contributed by atoms with Crippen molar-refractivity contribution in [1.29, 1.82) is 0 Å². The van der Waals surface area contributed by atoms with Gasteiger partial charge in [-0.2, -0.15) is 0 Å². The fourth-order valence-electron chi connectivity index (χ4n) is 3.27. The lowest BCUT2D eigenvalue weighted by atomic mass is 10.0. The molecule has 3 nitrogen and oxygen atoms in total. The number of amides is 1. The van der Waals surface area contributed by atoms with Gasteiger partial charge in [0.15, 0.2) is 0 Å². The highest BCUT2D eigenvalue weighted by atomic mass is 16.2. The van der Waals surface area contributed by atoms with Gasteiger partial charge in [0.25, 0.3) is 5.91 Å². The third-order valence-corrected chi connectivity index (χ3v) is 4.52. The van der Waals surface area contributed by atoms with E-state index in [4.69, 9.17) is 0 Å². The Balaban J connectivity index is 1.85. The van der Waals surface area contributed by atoms with Crippen LogP contribution in [-0.2, 0) is 0 Å². The number of fused-ring (bicyclic) bond motifs is 1. The molecule has 1 aromatic heterocycles. The van der Waals surface area contributed by atoms with Crippen molar-refractivity contribution in [2.24, 2.45) is 0 Å². The predicted octanol–water partition coefficient (Wildman–Crippen LogP) is 3.96. The number of aromatic nitrogens is 1. The van der Waals surface area contributed by atoms with E-state index in [2.05, 4.69) is 4.98 Å². The van der Waals surface area contributed by atoms with Crippen LogP contribution in [0.3, 0.4) is 0 Å². The molecule has 0 atom stereocenters. The molecule has 1 aliphatic carbocycles. The number of hydrogen-bond acceptors (Lipinski definition) is 1. The Morgan fingerprint density at radius 1 is 1.15 bits per heavy atom. The van der Waals surface area contributed by atoms with Crippen LogP contribution in [0.1, 0.15) is 48.9 Å². The maximum Gasteiger partial charge on any atom is 0.254 e. The number of benzene rings is 1. The molecule has 0 radical (unpaired) electrons. The number of rotatable bonds is 2. The monoisotopic (exact) mass is 270 g/mol. The van der Waals surface area contributed by atoms with Crippen molar-refractivity contribution >= 4 is 16.8 Å². The Kier molecular flexibility index (Phi) is 3.77. The minimum atomic E-state index is 0.155. The summed E-state index contributed by atoms with van der Waals surface area (Å²) in [5.41, 5.74) is 1.85. The molecule has 1 amide bonds. The van der Waals surface area contributed by atoms with Crippen LogP contribution in [0.15, 0.2) is 30.5 Å². The molecule has 106 valence electrons. The number of nitrogens with one attached hydrogen (secondary N) is 1. The quantitative estimate of drug-likeness (QED) is 0.824. The first-order valence-electron chi connectivity index (χ1n) is 7.60. The average molecular weight is 270 g/mol. The Labute approximate surface area is 120 Å². The number of H-pyrrole nitrogens is 1. The zero-order valence-corrected chi connectivity index (χ0v) is 12.1. The van der Waals surface area contributed by atoms with Crippen LogP contribution in [0.4, 0.5) is 0 Å². The zero-order valence-electron chi connectivity index (χ0n) is 12.1. The molecule has 20 heavy (non-hydrogen) atoms. The lowest BCUT2D eigenvalue weighted by Gasteiger charge is -2.27. The topological polar surface area (TPSA) is 36.1 Å². The first-order chi connectivity index (χ1) is 9.77. The Hall–Kier alpha value is -1.77. The van der Waals surface area contributed by atoms with Gasteiger partial charge in [-0.25, -0.2) is 0 Å². The molecule has 1 saturated carbocycles. The van der Waals surface area contributed by atoms with Gasteiger partial charge in [-0.05, 0) is 31.0 Å². The van der Waals surface area contributed by atoms with Crippen molar-refractivity contribution in [3.63, 3.8) is 0 Å². The van der Waals surface area contributed by atoms with Gasteiger partial charge in [0.1, 0.15) is 0 Å². The van der Waals surface area contributed by atoms with Gasteiger partial charge in [-0.15, -0.1) is 0 Å². The van der Waals surface area contributed by atoms with Gasteiger partial charge in [-0.3, -0.25) is 4.79 Å². The van der Waals surface area contributed by atoms with Gasteiger partial charge in [0, 0.05) is 35.8 Å². The summed E-state index contributed by atoms with van der Waals surface area (Å²) in [5.74, 6) is 0.155. The highest BCUT2D eigenvalue weighted by Gasteiger charge is 2.23. The molecular formula is C17H22N2O. The van der Waals surface area contributed by atoms with E-state index < -0.39 is 0 Å². The van der Waals surface area contributed by atoms with E-state index >= 15 is 0 Å². The molecule has 1 fully saturated rings. The molecule has 1 aliphatic rings. The number of aromatic amines is 1. The first-order valence-corrected chi connectivity index (χ1v) is 7.60. The maximum atomic E-state index is 12.8. The van der Waals surface area contributed by atoms with Crippen molar-refractivity contribution in [3.05, 3.63) is 36.0 Å². The predicted molar refractivity (Wildman–Crippen MR) is 81.9 cm³/mol. The molecule has 3 heteroatoms. The van der Waals surface area contributed by atoms with Gasteiger partial charge in [0.05, 0.1) is 0 Å². The van der Waals surface area contributed by atoms with E-state index in [9.17, 15) is 4.79 Å². The van der Waals surface area contributed by atoms with Gasteiger partial charge in [0.2, 0.25) is 0 Å². The lowest BCUT2D eigenvalue weighted by molar-refractivity contribution is 0.0720. The summed E-state index contributed by atoms with van der Waals surface area (Å²) in [6, 6.07) is 8.29. The molecule has 1 aromatic carbocycles. The van der Waals surface area contributed by atoms with Crippen LogP contribution in [0.25, 0.3) is 10.9 Å². The van der Waals surface area contributed by atoms with E-state index in [1.807, 2.05) is 42.4 Å². The second-order valence-electron chi connectivity index (χ2n) is 5.81. The van der Waals surface area contributed by atoms with Crippen LogP contribution < -0.4 is 0 Å². The molecular weight excluding hydrogens is 248 g/mol. The number of hydrogen-bond donors (Lipinski definition) is 1. The zero-order chi connectivity index (χ0) is 13.9. The average Bonchev–Trinajstić information content (AvgIpc) is 2.79.